The molecule has 1 heterocycles. The zero-order valence-electron chi connectivity index (χ0n) is 22.8. The molecule has 1 aromatic heterocycles. The van der Waals surface area contributed by atoms with E-state index in [1.807, 2.05) is 124 Å². The van der Waals surface area contributed by atoms with E-state index in [4.69, 9.17) is 14.5 Å². The number of ether oxygens (including phenoxy) is 2. The monoisotopic (exact) mass is 523 g/mol. The number of carbonyl (C=O) groups excluding carboxylic acids is 1. The molecular weight excluding hydrogens is 494 g/mol. The Balaban J connectivity index is 1.37. The van der Waals surface area contributed by atoms with Crippen LogP contribution < -0.4 is 9.47 Å². The molecule has 0 saturated carbocycles. The summed E-state index contributed by atoms with van der Waals surface area (Å²) in [5.74, 6) is 0.891. The Morgan fingerprint density at radius 2 is 1.43 bits per heavy atom. The second-order valence-corrected chi connectivity index (χ2v) is 10.1. The van der Waals surface area contributed by atoms with Gasteiger partial charge in [0.25, 0.3) is 0 Å². The lowest BCUT2D eigenvalue weighted by molar-refractivity contribution is 0.0736. The van der Waals surface area contributed by atoms with Gasteiger partial charge in [-0.25, -0.2) is 9.78 Å². The van der Waals surface area contributed by atoms with Crippen LogP contribution in [0.3, 0.4) is 0 Å². The van der Waals surface area contributed by atoms with E-state index in [0.717, 1.165) is 60.9 Å². The summed E-state index contributed by atoms with van der Waals surface area (Å²) in [6, 6.07) is 35.8. The van der Waals surface area contributed by atoms with Crippen molar-refractivity contribution in [2.45, 2.75) is 27.4 Å². The minimum Gasteiger partial charge on any atom is -0.489 e. The highest BCUT2D eigenvalue weighted by Crippen LogP contribution is 2.34. The van der Waals surface area contributed by atoms with E-state index >= 15 is 0 Å². The third-order valence-corrected chi connectivity index (χ3v) is 7.18. The van der Waals surface area contributed by atoms with E-state index in [-0.39, 0.29) is 0 Å². The second-order valence-electron chi connectivity index (χ2n) is 10.1. The maximum atomic E-state index is 13.8. The lowest BCUT2D eigenvalue weighted by Gasteiger charge is -2.16. The molecule has 6 rings (SSSR count). The van der Waals surface area contributed by atoms with E-state index in [1.54, 1.807) is 0 Å². The second kappa shape index (κ2) is 10.7. The highest BCUT2D eigenvalue weighted by molar-refractivity contribution is 6.08. The number of esters is 1. The quantitative estimate of drug-likeness (QED) is 0.162. The molecule has 40 heavy (non-hydrogen) atoms. The van der Waals surface area contributed by atoms with Gasteiger partial charge in [0.15, 0.2) is 0 Å². The van der Waals surface area contributed by atoms with Crippen molar-refractivity contribution in [3.05, 3.63) is 137 Å². The van der Waals surface area contributed by atoms with Crippen molar-refractivity contribution in [3.63, 3.8) is 0 Å². The summed E-state index contributed by atoms with van der Waals surface area (Å²) >= 11 is 0. The third kappa shape index (κ3) is 5.04. The molecule has 0 bridgehead atoms. The molecule has 0 atom stereocenters. The first-order chi connectivity index (χ1) is 19.5. The van der Waals surface area contributed by atoms with Crippen molar-refractivity contribution in [1.29, 1.82) is 0 Å². The summed E-state index contributed by atoms with van der Waals surface area (Å²) in [6.07, 6.45) is 0. The number of pyridine rings is 1. The molecule has 0 amide bonds. The van der Waals surface area contributed by atoms with Crippen LogP contribution in [0.2, 0.25) is 0 Å². The van der Waals surface area contributed by atoms with Crippen molar-refractivity contribution in [3.8, 4) is 22.8 Å². The Kier molecular flexibility index (Phi) is 6.75. The van der Waals surface area contributed by atoms with Gasteiger partial charge in [0.2, 0.25) is 0 Å². The van der Waals surface area contributed by atoms with Gasteiger partial charge >= 0.3 is 5.97 Å². The molecule has 0 aliphatic heterocycles. The minimum atomic E-state index is -0.394. The standard InChI is InChI=1S/C36H29NO3/c1-23-19-24(2)34-32(20-23)33(36(38)40-31-18-13-27-11-7-8-12-29(27)21-31)25(3)35(37-34)28-14-16-30(17-15-28)39-22-26-9-5-4-6-10-26/h4-21H,22H2,1-3H3. The number of hydrogen-bond donors (Lipinski definition) is 0. The van der Waals surface area contributed by atoms with Gasteiger partial charge in [-0.05, 0) is 90.7 Å². The van der Waals surface area contributed by atoms with Crippen molar-refractivity contribution in [2.24, 2.45) is 0 Å². The van der Waals surface area contributed by atoms with E-state index < -0.39 is 5.97 Å². The largest absolute Gasteiger partial charge is 0.489 e. The average Bonchev–Trinajstić information content (AvgIpc) is 2.96. The summed E-state index contributed by atoms with van der Waals surface area (Å²) in [5.41, 5.74) is 6.95. The van der Waals surface area contributed by atoms with Gasteiger partial charge in [0.05, 0.1) is 16.8 Å². The number of hydrogen-bond acceptors (Lipinski definition) is 4. The van der Waals surface area contributed by atoms with Crippen LogP contribution in [0.4, 0.5) is 0 Å². The molecule has 0 fully saturated rings. The lowest BCUT2D eigenvalue weighted by atomic mass is 9.95. The SMILES string of the molecule is Cc1cc(C)c2nc(-c3ccc(OCc4ccccc4)cc3)c(C)c(C(=O)Oc3ccc4ccccc4c3)c2c1. The predicted molar refractivity (Wildman–Crippen MR) is 161 cm³/mol. The van der Waals surface area contributed by atoms with Crippen molar-refractivity contribution < 1.29 is 14.3 Å². The van der Waals surface area contributed by atoms with Gasteiger partial charge < -0.3 is 9.47 Å². The molecule has 0 aliphatic rings. The van der Waals surface area contributed by atoms with Crippen LogP contribution in [0.15, 0.2) is 109 Å². The number of fused-ring (bicyclic) bond motifs is 2. The first-order valence-electron chi connectivity index (χ1n) is 13.4. The van der Waals surface area contributed by atoms with Crippen LogP contribution in [-0.2, 0) is 6.61 Å². The number of carbonyl (C=O) groups is 1. The minimum absolute atomic E-state index is 0.394. The summed E-state index contributed by atoms with van der Waals surface area (Å²) in [4.78, 5) is 18.8. The Morgan fingerprint density at radius 1 is 0.725 bits per heavy atom. The Hall–Kier alpha value is -4.96. The maximum absolute atomic E-state index is 13.8. The number of aromatic nitrogens is 1. The van der Waals surface area contributed by atoms with Crippen LogP contribution in [0, 0.1) is 20.8 Å². The zero-order valence-corrected chi connectivity index (χ0v) is 22.8. The summed E-state index contributed by atoms with van der Waals surface area (Å²) in [5, 5.41) is 2.91. The van der Waals surface area contributed by atoms with Gasteiger partial charge in [-0.3, -0.25) is 0 Å². The van der Waals surface area contributed by atoms with Crippen LogP contribution in [0.25, 0.3) is 32.9 Å². The molecule has 0 radical (unpaired) electrons. The highest BCUT2D eigenvalue weighted by atomic mass is 16.5. The fraction of sp³-hybridized carbons (Fsp3) is 0.111. The van der Waals surface area contributed by atoms with Crippen LogP contribution in [0.5, 0.6) is 11.5 Å². The number of rotatable bonds is 6. The normalized spacial score (nSPS) is 11.1. The summed E-state index contributed by atoms with van der Waals surface area (Å²) in [7, 11) is 0. The Morgan fingerprint density at radius 3 is 2.20 bits per heavy atom. The molecule has 0 aliphatic carbocycles. The zero-order chi connectivity index (χ0) is 27.6. The van der Waals surface area contributed by atoms with Crippen molar-refractivity contribution in [1.82, 2.24) is 4.98 Å². The van der Waals surface area contributed by atoms with Crippen molar-refractivity contribution >= 4 is 27.6 Å². The molecular formula is C36H29NO3. The number of nitrogens with zero attached hydrogens (tertiary/aromatic N) is 1. The molecule has 0 saturated heterocycles. The van der Waals surface area contributed by atoms with Gasteiger partial charge in [-0.2, -0.15) is 0 Å². The fourth-order valence-electron chi connectivity index (χ4n) is 5.20. The predicted octanol–water partition coefficient (Wildman–Crippen LogP) is 8.78. The summed E-state index contributed by atoms with van der Waals surface area (Å²) in [6.45, 7) is 6.50. The van der Waals surface area contributed by atoms with Crippen LogP contribution in [-0.4, -0.2) is 11.0 Å². The van der Waals surface area contributed by atoms with E-state index in [0.29, 0.717) is 17.9 Å². The van der Waals surface area contributed by atoms with Crippen LogP contribution in [0.1, 0.15) is 32.6 Å². The molecule has 0 unspecified atom stereocenters. The van der Waals surface area contributed by atoms with Gasteiger partial charge in [-0.15, -0.1) is 0 Å². The smallest absolute Gasteiger partial charge is 0.344 e. The molecule has 5 aromatic carbocycles. The molecule has 4 nitrogen and oxygen atoms in total. The maximum Gasteiger partial charge on any atom is 0.344 e. The average molecular weight is 524 g/mol. The van der Waals surface area contributed by atoms with Gasteiger partial charge in [0, 0.05) is 10.9 Å². The number of aryl methyl sites for hydroxylation is 2. The first kappa shape index (κ1) is 25.3. The van der Waals surface area contributed by atoms with Gasteiger partial charge in [0.1, 0.15) is 18.1 Å². The molecule has 6 aromatic rings. The Bertz CT molecular complexity index is 1860. The first-order valence-corrected chi connectivity index (χ1v) is 13.4. The highest BCUT2D eigenvalue weighted by Gasteiger charge is 2.22. The van der Waals surface area contributed by atoms with Crippen molar-refractivity contribution in [2.75, 3.05) is 0 Å². The number of benzene rings is 5. The summed E-state index contributed by atoms with van der Waals surface area (Å²) < 4.78 is 12.0. The van der Waals surface area contributed by atoms with E-state index in [9.17, 15) is 4.79 Å². The molecule has 0 spiro atoms. The van der Waals surface area contributed by atoms with E-state index in [1.165, 1.54) is 0 Å². The van der Waals surface area contributed by atoms with Gasteiger partial charge in [-0.1, -0.05) is 72.3 Å². The fourth-order valence-corrected chi connectivity index (χ4v) is 5.20. The lowest BCUT2D eigenvalue weighted by Crippen LogP contribution is -2.13. The molecule has 0 N–H and O–H groups in total. The van der Waals surface area contributed by atoms with Crippen LogP contribution >= 0.6 is 0 Å². The molecule has 4 heteroatoms. The molecule has 196 valence electrons. The Labute approximate surface area is 233 Å². The topological polar surface area (TPSA) is 48.4 Å². The third-order valence-electron chi connectivity index (χ3n) is 7.18. The van der Waals surface area contributed by atoms with E-state index in [2.05, 4.69) is 6.07 Å².